The third-order valence-corrected chi connectivity index (χ3v) is 7.65. The van der Waals surface area contributed by atoms with E-state index in [1.807, 2.05) is 36.4 Å². The van der Waals surface area contributed by atoms with Gasteiger partial charge in [0.05, 0.1) is 25.1 Å². The molecule has 4 heteroatoms. The molecule has 0 saturated carbocycles. The molecule has 0 fully saturated rings. The Labute approximate surface area is 268 Å². The van der Waals surface area contributed by atoms with Crippen molar-refractivity contribution in [3.05, 3.63) is 169 Å². The smallest absolute Gasteiger partial charge is 0.125 e. The van der Waals surface area contributed by atoms with Crippen LogP contribution in [0.4, 0.5) is 42.9 Å². The van der Waals surface area contributed by atoms with Gasteiger partial charge in [0.15, 0.2) is 0 Å². The molecule has 8 aromatic rings. The number of hydrogen-bond acceptors (Lipinski definition) is 2. The molecule has 0 atom stereocenters. The van der Waals surface area contributed by atoms with Crippen molar-refractivity contribution in [1.82, 2.24) is 0 Å². The lowest BCUT2D eigenvalue weighted by molar-refractivity contribution is 0.627. The lowest BCUT2D eigenvalue weighted by atomic mass is 9.91. The zero-order valence-corrected chi connectivity index (χ0v) is 22.9. The van der Waals surface area contributed by atoms with Crippen LogP contribution < -0.4 is 9.80 Å². The predicted molar refractivity (Wildman–Crippen MR) is 179 cm³/mol. The van der Waals surface area contributed by atoms with Crippen LogP contribution in [0.3, 0.4) is 0 Å². The topological polar surface area (TPSA) is 6.48 Å². The van der Waals surface area contributed by atoms with Gasteiger partial charge >= 0.3 is 0 Å². The second kappa shape index (κ2) is 10.5. The monoisotopic (exact) mass is 582 g/mol. The van der Waals surface area contributed by atoms with Crippen LogP contribution in [0.15, 0.2) is 157 Å². The third-order valence-electron chi connectivity index (χ3n) is 7.65. The number of benzene rings is 8. The first-order chi connectivity index (χ1) is 25.8. The molecule has 0 saturated heterocycles. The summed E-state index contributed by atoms with van der Waals surface area (Å²) in [6.45, 7) is 0. The highest BCUT2D eigenvalue weighted by Gasteiger charge is 2.21. The van der Waals surface area contributed by atoms with E-state index in [0.717, 1.165) is 10.8 Å². The maximum absolute atomic E-state index is 14.9. The normalized spacial score (nSPS) is 14.6. The first-order valence-corrected chi connectivity index (χ1v) is 13.8. The van der Waals surface area contributed by atoms with Gasteiger partial charge in [-0.3, -0.25) is 0 Å². The maximum Gasteiger partial charge on any atom is 0.125 e. The summed E-state index contributed by atoms with van der Waals surface area (Å²) in [7, 11) is 0. The Bertz CT molecular complexity index is 2600. The van der Waals surface area contributed by atoms with E-state index in [1.54, 1.807) is 24.3 Å². The number of halogens is 2. The van der Waals surface area contributed by atoms with Gasteiger partial charge in [-0.1, -0.05) is 84.8 Å². The minimum Gasteiger partial charge on any atom is -0.310 e. The van der Waals surface area contributed by atoms with Gasteiger partial charge in [-0.05, 0) is 94.2 Å². The third kappa shape index (κ3) is 4.31. The van der Waals surface area contributed by atoms with Gasteiger partial charge in [-0.2, -0.15) is 0 Å². The fraction of sp³-hybridized carbons (Fsp3) is 0. The van der Waals surface area contributed by atoms with Crippen LogP contribution >= 0.6 is 0 Å². The van der Waals surface area contributed by atoms with Crippen molar-refractivity contribution in [2.45, 2.75) is 0 Å². The van der Waals surface area contributed by atoms with E-state index in [9.17, 15) is 8.78 Å². The van der Waals surface area contributed by atoms with Crippen LogP contribution in [-0.4, -0.2) is 0 Å². The molecule has 44 heavy (non-hydrogen) atoms. The highest BCUT2D eigenvalue weighted by Crippen LogP contribution is 2.47. The summed E-state index contributed by atoms with van der Waals surface area (Å²) in [6, 6.07) is 20.2. The quantitative estimate of drug-likeness (QED) is 0.180. The molecular formula is C40H26F2N2. The second-order valence-corrected chi connectivity index (χ2v) is 10.2. The van der Waals surface area contributed by atoms with Crippen molar-refractivity contribution in [2.24, 2.45) is 0 Å². The van der Waals surface area contributed by atoms with Crippen LogP contribution in [0, 0.1) is 11.6 Å². The second-order valence-electron chi connectivity index (χ2n) is 10.2. The largest absolute Gasteiger partial charge is 0.310 e. The molecule has 0 heterocycles. The number of hydrogen-bond donors (Lipinski definition) is 0. The molecular weight excluding hydrogens is 546 g/mol. The fourth-order valence-corrected chi connectivity index (χ4v) is 5.88. The van der Waals surface area contributed by atoms with Gasteiger partial charge in [-0.25, -0.2) is 8.78 Å². The number of rotatable bonds is 6. The molecule has 0 aliphatic heterocycles. The van der Waals surface area contributed by atoms with Crippen LogP contribution in [0.2, 0.25) is 0 Å². The van der Waals surface area contributed by atoms with Crippen LogP contribution in [-0.2, 0) is 0 Å². The lowest BCUT2D eigenvalue weighted by Gasteiger charge is -2.29. The fourth-order valence-electron chi connectivity index (χ4n) is 5.88. The Morgan fingerprint density at radius 3 is 1.25 bits per heavy atom. The average Bonchev–Trinajstić information content (AvgIpc) is 3.17. The van der Waals surface area contributed by atoms with E-state index in [-0.39, 0.29) is 22.7 Å². The summed E-state index contributed by atoms with van der Waals surface area (Å²) in [4.78, 5) is 2.89. The Morgan fingerprint density at radius 2 is 0.841 bits per heavy atom. The predicted octanol–water partition coefficient (Wildman–Crippen LogP) is 11.8. The molecule has 0 radical (unpaired) electrons. The molecule has 0 bridgehead atoms. The minimum absolute atomic E-state index is 0.180. The van der Waals surface area contributed by atoms with Crippen molar-refractivity contribution >= 4 is 66.4 Å². The maximum atomic E-state index is 14.9. The molecule has 8 rings (SSSR count). The van der Waals surface area contributed by atoms with Gasteiger partial charge in [0.1, 0.15) is 11.6 Å². The standard InChI is InChI=1S/C40H26F2N2/c41-29-9-7-15-33(25-29)43(31-11-3-1-4-12-31)37-23-19-27-18-22-36-38(24-20-28-17-21-35(37)39(27)40(28)36)44(32-13-5-2-6-14-32)34-16-8-10-30(42)26-34/h1-26H/i1D,2D,3D,4D,5D,6D,11D,12D,13D,14D. The molecule has 0 unspecified atom stereocenters. The molecule has 0 amide bonds. The summed E-state index contributed by atoms with van der Waals surface area (Å²) in [6.07, 6.45) is 0. The van der Waals surface area contributed by atoms with Gasteiger partial charge < -0.3 is 9.80 Å². The van der Waals surface area contributed by atoms with E-state index < -0.39 is 72.1 Å². The number of nitrogens with zero attached hydrogens (tertiary/aromatic N) is 2. The Morgan fingerprint density at radius 1 is 0.432 bits per heavy atom. The lowest BCUT2D eigenvalue weighted by Crippen LogP contribution is -2.11. The Hall–Kier alpha value is -5.74. The van der Waals surface area contributed by atoms with Crippen LogP contribution in [0.1, 0.15) is 13.7 Å². The summed E-state index contributed by atoms with van der Waals surface area (Å²) in [5, 5.41) is 4.09. The minimum atomic E-state index is -0.600. The zero-order chi connectivity index (χ0) is 38.3. The van der Waals surface area contributed by atoms with E-state index >= 15 is 0 Å². The van der Waals surface area contributed by atoms with Crippen LogP contribution in [0.25, 0.3) is 32.3 Å². The molecule has 0 spiro atoms. The molecule has 0 aliphatic carbocycles. The number of para-hydroxylation sites is 2. The number of anilines is 6. The Balaban J connectivity index is 1.47. The summed E-state index contributed by atoms with van der Waals surface area (Å²) < 4.78 is 115. The van der Waals surface area contributed by atoms with Gasteiger partial charge in [-0.15, -0.1) is 0 Å². The molecule has 2 nitrogen and oxygen atoms in total. The first-order valence-electron chi connectivity index (χ1n) is 18.8. The van der Waals surface area contributed by atoms with Crippen LogP contribution in [0.5, 0.6) is 0 Å². The molecule has 0 aliphatic rings. The van der Waals surface area contributed by atoms with Crippen molar-refractivity contribution < 1.29 is 22.5 Å². The van der Waals surface area contributed by atoms with Crippen molar-refractivity contribution in [3.63, 3.8) is 0 Å². The highest BCUT2D eigenvalue weighted by molar-refractivity contribution is 6.28. The molecule has 0 N–H and O–H groups in total. The Kier molecular flexibility index (Phi) is 4.16. The van der Waals surface area contributed by atoms with Gasteiger partial charge in [0.25, 0.3) is 0 Å². The molecule has 210 valence electrons. The molecule has 8 aromatic carbocycles. The van der Waals surface area contributed by atoms with E-state index in [2.05, 4.69) is 0 Å². The van der Waals surface area contributed by atoms with Crippen molar-refractivity contribution in [1.29, 1.82) is 0 Å². The molecule has 0 aromatic heterocycles. The summed E-state index contributed by atoms with van der Waals surface area (Å²) in [5.74, 6) is -1.20. The van der Waals surface area contributed by atoms with Crippen molar-refractivity contribution in [2.75, 3.05) is 9.80 Å². The average molecular weight is 583 g/mol. The van der Waals surface area contributed by atoms with E-state index in [1.165, 1.54) is 46.2 Å². The first kappa shape index (κ1) is 17.4. The highest BCUT2D eigenvalue weighted by atomic mass is 19.1. The summed E-state index contributed by atoms with van der Waals surface area (Å²) >= 11 is 0. The van der Waals surface area contributed by atoms with E-state index in [4.69, 9.17) is 13.7 Å². The van der Waals surface area contributed by atoms with Crippen molar-refractivity contribution in [3.8, 4) is 0 Å². The van der Waals surface area contributed by atoms with E-state index in [0.29, 0.717) is 32.9 Å². The SMILES string of the molecule is [2H]c1c([2H])c([2H])c(N(c2cccc(F)c2)c2ccc3ccc4c(N(c5cccc(F)c5)c5c([2H])c([2H])c([2H])c([2H])c5[2H])ccc5ccc2c3c54)c([2H])c1[2H]. The van der Waals surface area contributed by atoms with Gasteiger partial charge in [0, 0.05) is 33.5 Å². The summed E-state index contributed by atoms with van der Waals surface area (Å²) in [5.41, 5.74) is 0.838. The zero-order valence-electron chi connectivity index (χ0n) is 32.9. The van der Waals surface area contributed by atoms with Gasteiger partial charge in [0.2, 0.25) is 0 Å².